The third kappa shape index (κ3) is 2.32. The molecule has 0 amide bonds. The first-order valence-electron chi connectivity index (χ1n) is 7.59. The zero-order valence-corrected chi connectivity index (χ0v) is 12.7. The van der Waals surface area contributed by atoms with Crippen LogP contribution in [0.5, 0.6) is 0 Å². The smallest absolute Gasteiger partial charge is 0.335 e. The number of aromatic nitrogens is 2. The Balaban J connectivity index is 1.81. The summed E-state index contributed by atoms with van der Waals surface area (Å²) in [7, 11) is 0. The van der Waals surface area contributed by atoms with Gasteiger partial charge in [0.05, 0.1) is 16.9 Å². The quantitative estimate of drug-likeness (QED) is 0.776. The predicted octanol–water partition coefficient (Wildman–Crippen LogP) is 3.34. The van der Waals surface area contributed by atoms with Crippen molar-refractivity contribution in [3.63, 3.8) is 0 Å². The first-order valence-corrected chi connectivity index (χ1v) is 7.59. The van der Waals surface area contributed by atoms with E-state index in [2.05, 4.69) is 10.4 Å². The largest absolute Gasteiger partial charge is 0.478 e. The summed E-state index contributed by atoms with van der Waals surface area (Å²) >= 11 is 0. The standard InChI is InChI=1S/C18H14FN3O2/c19-13-5-1-11(2-6-13)16-15-9-10-20-17(15)22(21-16)14-7-3-12(4-8-14)18(23)24/h1-8,20H,9-10H2,(H,23,24). The maximum atomic E-state index is 13.2. The number of aromatic carboxylic acids is 1. The van der Waals surface area contributed by atoms with E-state index in [4.69, 9.17) is 5.11 Å². The van der Waals surface area contributed by atoms with Crippen LogP contribution in [0.3, 0.4) is 0 Å². The average molecular weight is 323 g/mol. The fourth-order valence-electron chi connectivity index (χ4n) is 2.95. The second kappa shape index (κ2) is 5.49. The molecule has 6 heteroatoms. The first-order chi connectivity index (χ1) is 11.6. The number of carboxylic acid groups (broad SMARTS) is 1. The number of carbonyl (C=O) groups is 1. The highest BCUT2D eigenvalue weighted by molar-refractivity contribution is 5.87. The van der Waals surface area contributed by atoms with Gasteiger partial charge in [-0.2, -0.15) is 5.10 Å². The number of rotatable bonds is 3. The van der Waals surface area contributed by atoms with Crippen LogP contribution in [0.15, 0.2) is 48.5 Å². The zero-order chi connectivity index (χ0) is 16.7. The molecular formula is C18H14FN3O2. The lowest BCUT2D eigenvalue weighted by molar-refractivity contribution is 0.0697. The van der Waals surface area contributed by atoms with E-state index >= 15 is 0 Å². The van der Waals surface area contributed by atoms with Crippen LogP contribution in [-0.2, 0) is 6.42 Å². The van der Waals surface area contributed by atoms with Gasteiger partial charge < -0.3 is 10.4 Å². The van der Waals surface area contributed by atoms with Crippen molar-refractivity contribution < 1.29 is 14.3 Å². The molecule has 5 nitrogen and oxygen atoms in total. The molecule has 0 bridgehead atoms. The average Bonchev–Trinajstić information content (AvgIpc) is 3.18. The van der Waals surface area contributed by atoms with E-state index in [0.29, 0.717) is 0 Å². The van der Waals surface area contributed by atoms with Crippen molar-refractivity contribution in [2.24, 2.45) is 0 Å². The molecule has 2 heterocycles. The van der Waals surface area contributed by atoms with Crippen molar-refractivity contribution in [3.8, 4) is 16.9 Å². The summed E-state index contributed by atoms with van der Waals surface area (Å²) in [6, 6.07) is 12.8. The molecule has 4 rings (SSSR count). The molecule has 3 aromatic rings. The summed E-state index contributed by atoms with van der Waals surface area (Å²) in [6.45, 7) is 0.814. The Morgan fingerprint density at radius 1 is 1.12 bits per heavy atom. The third-order valence-corrected chi connectivity index (χ3v) is 4.13. The van der Waals surface area contributed by atoms with E-state index in [1.165, 1.54) is 12.1 Å². The second-order valence-electron chi connectivity index (χ2n) is 5.62. The number of benzene rings is 2. The van der Waals surface area contributed by atoms with Crippen molar-refractivity contribution >= 4 is 11.8 Å². The minimum Gasteiger partial charge on any atom is -0.478 e. The highest BCUT2D eigenvalue weighted by Crippen LogP contribution is 2.34. The Bertz CT molecular complexity index is 915. The van der Waals surface area contributed by atoms with Crippen LogP contribution in [0.4, 0.5) is 10.2 Å². The summed E-state index contributed by atoms with van der Waals surface area (Å²) in [5.41, 5.74) is 3.77. The minimum atomic E-state index is -0.961. The summed E-state index contributed by atoms with van der Waals surface area (Å²) in [5.74, 6) is -0.341. The summed E-state index contributed by atoms with van der Waals surface area (Å²) in [5, 5.41) is 17.0. The molecule has 0 radical (unpaired) electrons. The molecule has 2 aromatic carbocycles. The summed E-state index contributed by atoms with van der Waals surface area (Å²) in [6.07, 6.45) is 0.843. The SMILES string of the molecule is O=C(O)c1ccc(-n2nc(-c3ccc(F)cc3)c3c2NCC3)cc1. The second-order valence-corrected chi connectivity index (χ2v) is 5.62. The van der Waals surface area contributed by atoms with E-state index in [1.54, 1.807) is 41.1 Å². The van der Waals surface area contributed by atoms with Gasteiger partial charge in [0.25, 0.3) is 0 Å². The van der Waals surface area contributed by atoms with E-state index in [1.807, 2.05) is 0 Å². The number of hydrogen-bond acceptors (Lipinski definition) is 3. The van der Waals surface area contributed by atoms with Crippen molar-refractivity contribution in [1.29, 1.82) is 0 Å². The van der Waals surface area contributed by atoms with E-state index in [-0.39, 0.29) is 11.4 Å². The molecule has 0 saturated heterocycles. The van der Waals surface area contributed by atoms with Crippen LogP contribution in [-0.4, -0.2) is 27.4 Å². The molecule has 1 aliphatic rings. The Hall–Kier alpha value is -3.15. The normalized spacial score (nSPS) is 12.7. The maximum absolute atomic E-state index is 13.2. The van der Waals surface area contributed by atoms with Gasteiger partial charge in [-0.15, -0.1) is 0 Å². The monoisotopic (exact) mass is 323 g/mol. The highest BCUT2D eigenvalue weighted by Gasteiger charge is 2.24. The van der Waals surface area contributed by atoms with Gasteiger partial charge in [-0.1, -0.05) is 0 Å². The van der Waals surface area contributed by atoms with Gasteiger partial charge in [-0.05, 0) is 55.0 Å². The molecule has 0 saturated carbocycles. The van der Waals surface area contributed by atoms with Crippen LogP contribution >= 0.6 is 0 Å². The van der Waals surface area contributed by atoms with Gasteiger partial charge in [0, 0.05) is 17.7 Å². The van der Waals surface area contributed by atoms with Crippen LogP contribution in [0.2, 0.25) is 0 Å². The molecule has 120 valence electrons. The van der Waals surface area contributed by atoms with Gasteiger partial charge in [0.2, 0.25) is 0 Å². The number of anilines is 1. The lowest BCUT2D eigenvalue weighted by Crippen LogP contribution is -2.05. The molecule has 0 aliphatic carbocycles. The Morgan fingerprint density at radius 3 is 2.50 bits per heavy atom. The molecule has 1 aliphatic heterocycles. The fraction of sp³-hybridized carbons (Fsp3) is 0.111. The van der Waals surface area contributed by atoms with E-state index < -0.39 is 5.97 Å². The molecule has 0 fully saturated rings. The van der Waals surface area contributed by atoms with Crippen LogP contribution < -0.4 is 5.32 Å². The molecule has 0 atom stereocenters. The number of carboxylic acids is 1. The fourth-order valence-corrected chi connectivity index (χ4v) is 2.95. The molecular weight excluding hydrogens is 309 g/mol. The topological polar surface area (TPSA) is 67.1 Å². The van der Waals surface area contributed by atoms with Crippen LogP contribution in [0.25, 0.3) is 16.9 Å². The lowest BCUT2D eigenvalue weighted by atomic mass is 10.1. The lowest BCUT2D eigenvalue weighted by Gasteiger charge is -2.06. The van der Waals surface area contributed by atoms with Gasteiger partial charge in [-0.3, -0.25) is 0 Å². The number of halogens is 1. The predicted molar refractivity (Wildman–Crippen MR) is 88.1 cm³/mol. The summed E-state index contributed by atoms with van der Waals surface area (Å²) in [4.78, 5) is 11.0. The molecule has 0 unspecified atom stereocenters. The van der Waals surface area contributed by atoms with Crippen molar-refractivity contribution in [2.45, 2.75) is 6.42 Å². The highest BCUT2D eigenvalue weighted by atomic mass is 19.1. The first kappa shape index (κ1) is 14.4. The number of nitrogens with one attached hydrogen (secondary N) is 1. The van der Waals surface area contributed by atoms with Gasteiger partial charge in [0.1, 0.15) is 11.6 Å². The van der Waals surface area contributed by atoms with Crippen LogP contribution in [0, 0.1) is 5.82 Å². The molecule has 24 heavy (non-hydrogen) atoms. The van der Waals surface area contributed by atoms with Crippen molar-refractivity contribution in [3.05, 3.63) is 65.5 Å². The van der Waals surface area contributed by atoms with Crippen molar-refractivity contribution in [2.75, 3.05) is 11.9 Å². The molecule has 0 spiro atoms. The van der Waals surface area contributed by atoms with Crippen LogP contribution in [0.1, 0.15) is 15.9 Å². The Kier molecular flexibility index (Phi) is 3.30. The van der Waals surface area contributed by atoms with Crippen molar-refractivity contribution in [1.82, 2.24) is 9.78 Å². The van der Waals surface area contributed by atoms with E-state index in [9.17, 15) is 9.18 Å². The van der Waals surface area contributed by atoms with Gasteiger partial charge in [0.15, 0.2) is 0 Å². The minimum absolute atomic E-state index is 0.231. The number of hydrogen-bond donors (Lipinski definition) is 2. The van der Waals surface area contributed by atoms with Gasteiger partial charge in [-0.25, -0.2) is 13.9 Å². The van der Waals surface area contributed by atoms with Gasteiger partial charge >= 0.3 is 5.97 Å². The molecule has 1 aromatic heterocycles. The third-order valence-electron chi connectivity index (χ3n) is 4.13. The van der Waals surface area contributed by atoms with E-state index in [0.717, 1.165) is 41.3 Å². The number of nitrogens with zero attached hydrogens (tertiary/aromatic N) is 2. The summed E-state index contributed by atoms with van der Waals surface area (Å²) < 4.78 is 14.9. The Morgan fingerprint density at radius 2 is 1.83 bits per heavy atom. The number of fused-ring (bicyclic) bond motifs is 1. The molecule has 2 N–H and O–H groups in total. The zero-order valence-electron chi connectivity index (χ0n) is 12.7. The maximum Gasteiger partial charge on any atom is 0.335 e. The Labute approximate surface area is 137 Å².